The fourth-order valence-corrected chi connectivity index (χ4v) is 7.71. The Morgan fingerprint density at radius 1 is 0.373 bits per heavy atom. The van der Waals surface area contributed by atoms with Crippen LogP contribution in [0.25, 0.3) is 71.7 Å². The second-order valence-corrected chi connectivity index (χ2v) is 12.9. The Kier molecular flexibility index (Phi) is 6.81. The Morgan fingerprint density at radius 2 is 0.941 bits per heavy atom. The summed E-state index contributed by atoms with van der Waals surface area (Å²) >= 11 is 0. The summed E-state index contributed by atoms with van der Waals surface area (Å²) in [6, 6.07) is 69.0. The molecule has 0 spiro atoms. The number of para-hydroxylation sites is 4. The highest BCUT2D eigenvalue weighted by atomic mass is 16.3. The van der Waals surface area contributed by atoms with Gasteiger partial charge >= 0.3 is 0 Å². The van der Waals surface area contributed by atoms with Gasteiger partial charge in [-0.25, -0.2) is 0 Å². The summed E-state index contributed by atoms with van der Waals surface area (Å²) in [6.07, 6.45) is 0. The topological polar surface area (TPSA) is 21.3 Å². The summed E-state index contributed by atoms with van der Waals surface area (Å²) in [6.45, 7) is 0. The smallest absolute Gasteiger partial charge is 0.138 e. The first-order valence-electron chi connectivity index (χ1n) is 17.4. The number of aromatic nitrogens is 1. The minimum atomic E-state index is 0.889. The van der Waals surface area contributed by atoms with Crippen molar-refractivity contribution in [3.05, 3.63) is 194 Å². The average Bonchev–Trinajstić information content (AvgIpc) is 3.74. The standard InChI is InChI=1S/C48H32N2O/c1-5-15-34(16-6-1)46-47-40-30-27-35(33-25-28-39(29-26-33)49(36-17-7-2-8-18-36)37-19-9-3-10-20-37)31-42(40)50(38-21-11-4-12-22-38)43(47)32-45-48(46)41-23-13-14-24-44(41)51-45/h1-32H. The molecule has 0 saturated heterocycles. The summed E-state index contributed by atoms with van der Waals surface area (Å²) in [5, 5.41) is 4.71. The molecule has 0 fully saturated rings. The second kappa shape index (κ2) is 11.9. The third-order valence-corrected chi connectivity index (χ3v) is 9.96. The van der Waals surface area contributed by atoms with Crippen LogP contribution in [0.2, 0.25) is 0 Å². The van der Waals surface area contributed by atoms with Gasteiger partial charge in [0.15, 0.2) is 0 Å². The van der Waals surface area contributed by atoms with Gasteiger partial charge in [0.2, 0.25) is 0 Å². The Labute approximate surface area is 295 Å². The van der Waals surface area contributed by atoms with Crippen molar-refractivity contribution in [2.75, 3.05) is 4.90 Å². The molecule has 10 aromatic rings. The molecule has 2 aromatic heterocycles. The van der Waals surface area contributed by atoms with Crippen LogP contribution in [0.4, 0.5) is 17.1 Å². The van der Waals surface area contributed by atoms with E-state index in [-0.39, 0.29) is 0 Å². The molecule has 0 atom stereocenters. The number of nitrogens with zero attached hydrogens (tertiary/aromatic N) is 2. The van der Waals surface area contributed by atoms with E-state index in [9.17, 15) is 0 Å². The maximum absolute atomic E-state index is 6.58. The lowest BCUT2D eigenvalue weighted by atomic mass is 9.94. The van der Waals surface area contributed by atoms with Crippen LogP contribution in [-0.4, -0.2) is 4.57 Å². The molecule has 0 aliphatic rings. The number of anilines is 3. The molecule has 0 bridgehead atoms. The fourth-order valence-electron chi connectivity index (χ4n) is 7.71. The first kappa shape index (κ1) is 29.1. The zero-order valence-corrected chi connectivity index (χ0v) is 27.8. The van der Waals surface area contributed by atoms with Gasteiger partial charge in [0.05, 0.1) is 11.0 Å². The minimum Gasteiger partial charge on any atom is -0.456 e. The summed E-state index contributed by atoms with van der Waals surface area (Å²) in [5.41, 5.74) is 13.2. The van der Waals surface area contributed by atoms with Crippen molar-refractivity contribution in [2.45, 2.75) is 0 Å². The van der Waals surface area contributed by atoms with Gasteiger partial charge in [-0.1, -0.05) is 127 Å². The van der Waals surface area contributed by atoms with Gasteiger partial charge in [-0.2, -0.15) is 0 Å². The molecule has 3 nitrogen and oxygen atoms in total. The molecule has 8 aromatic carbocycles. The van der Waals surface area contributed by atoms with E-state index in [0.717, 1.165) is 66.8 Å². The summed E-state index contributed by atoms with van der Waals surface area (Å²) in [5.74, 6) is 0. The molecule has 0 saturated carbocycles. The van der Waals surface area contributed by atoms with Crippen LogP contribution in [0.5, 0.6) is 0 Å². The van der Waals surface area contributed by atoms with E-state index in [1.165, 1.54) is 21.9 Å². The molecule has 0 aliphatic carbocycles. The van der Waals surface area contributed by atoms with Crippen molar-refractivity contribution in [1.29, 1.82) is 0 Å². The highest BCUT2D eigenvalue weighted by Gasteiger charge is 2.23. The van der Waals surface area contributed by atoms with E-state index in [2.05, 4.69) is 198 Å². The van der Waals surface area contributed by atoms with Crippen molar-refractivity contribution >= 4 is 60.8 Å². The number of rotatable bonds is 6. The lowest BCUT2D eigenvalue weighted by molar-refractivity contribution is 0.669. The zero-order chi connectivity index (χ0) is 33.7. The van der Waals surface area contributed by atoms with Crippen LogP contribution in [0.15, 0.2) is 199 Å². The molecule has 51 heavy (non-hydrogen) atoms. The number of hydrogen-bond donors (Lipinski definition) is 0. The fraction of sp³-hybridized carbons (Fsp3) is 0. The predicted octanol–water partition coefficient (Wildman–Crippen LogP) is 13.5. The Bertz CT molecular complexity index is 2780. The van der Waals surface area contributed by atoms with Crippen LogP contribution in [0.1, 0.15) is 0 Å². The van der Waals surface area contributed by atoms with Crippen LogP contribution in [0.3, 0.4) is 0 Å². The highest BCUT2D eigenvalue weighted by molar-refractivity contribution is 6.27. The lowest BCUT2D eigenvalue weighted by Gasteiger charge is -2.25. The van der Waals surface area contributed by atoms with Gasteiger partial charge in [-0.05, 0) is 77.4 Å². The zero-order valence-electron chi connectivity index (χ0n) is 27.8. The van der Waals surface area contributed by atoms with Gasteiger partial charge in [-0.3, -0.25) is 0 Å². The van der Waals surface area contributed by atoms with E-state index >= 15 is 0 Å². The van der Waals surface area contributed by atoms with Crippen molar-refractivity contribution in [3.8, 4) is 27.9 Å². The average molecular weight is 653 g/mol. The summed E-state index contributed by atoms with van der Waals surface area (Å²) in [7, 11) is 0. The largest absolute Gasteiger partial charge is 0.456 e. The van der Waals surface area contributed by atoms with Crippen molar-refractivity contribution < 1.29 is 4.42 Å². The molecule has 2 heterocycles. The molecule has 0 aliphatic heterocycles. The van der Waals surface area contributed by atoms with Crippen LogP contribution < -0.4 is 4.90 Å². The Morgan fingerprint density at radius 3 is 1.63 bits per heavy atom. The monoisotopic (exact) mass is 652 g/mol. The van der Waals surface area contributed by atoms with E-state index in [4.69, 9.17) is 4.42 Å². The molecule has 0 amide bonds. The minimum absolute atomic E-state index is 0.889. The first-order chi connectivity index (χ1) is 25.3. The summed E-state index contributed by atoms with van der Waals surface area (Å²) in [4.78, 5) is 2.30. The molecule has 0 N–H and O–H groups in total. The van der Waals surface area contributed by atoms with Crippen molar-refractivity contribution in [3.63, 3.8) is 0 Å². The molecule has 0 radical (unpaired) electrons. The van der Waals surface area contributed by atoms with E-state index in [1.807, 2.05) is 6.07 Å². The SMILES string of the molecule is c1ccc(-c2c3c(cc4c2c2ccc(-c5ccc(N(c6ccccc6)c6ccccc6)cc5)cc2n4-c2ccccc2)oc2ccccc23)cc1. The van der Waals surface area contributed by atoms with Crippen LogP contribution in [0, 0.1) is 0 Å². The maximum atomic E-state index is 6.58. The molecule has 10 rings (SSSR count). The predicted molar refractivity (Wildman–Crippen MR) is 214 cm³/mol. The van der Waals surface area contributed by atoms with E-state index < -0.39 is 0 Å². The molecule has 0 unspecified atom stereocenters. The van der Waals surface area contributed by atoms with E-state index in [0.29, 0.717) is 0 Å². The number of furan rings is 1. The maximum Gasteiger partial charge on any atom is 0.138 e. The van der Waals surface area contributed by atoms with Crippen LogP contribution in [-0.2, 0) is 0 Å². The van der Waals surface area contributed by atoms with Crippen molar-refractivity contribution in [1.82, 2.24) is 4.57 Å². The highest BCUT2D eigenvalue weighted by Crippen LogP contribution is 2.47. The third-order valence-electron chi connectivity index (χ3n) is 9.96. The van der Waals surface area contributed by atoms with Crippen molar-refractivity contribution in [2.24, 2.45) is 0 Å². The van der Waals surface area contributed by atoms with Gasteiger partial charge in [0.1, 0.15) is 11.2 Å². The molecule has 3 heteroatoms. The van der Waals surface area contributed by atoms with Gasteiger partial charge < -0.3 is 13.9 Å². The lowest BCUT2D eigenvalue weighted by Crippen LogP contribution is -2.09. The molecule has 240 valence electrons. The Balaban J connectivity index is 1.20. The molecular formula is C48H32N2O. The van der Waals surface area contributed by atoms with Gasteiger partial charge in [0, 0.05) is 55.9 Å². The third kappa shape index (κ3) is 4.82. The van der Waals surface area contributed by atoms with Crippen LogP contribution >= 0.6 is 0 Å². The van der Waals surface area contributed by atoms with Gasteiger partial charge in [-0.15, -0.1) is 0 Å². The first-order valence-corrected chi connectivity index (χ1v) is 17.4. The number of benzene rings is 8. The van der Waals surface area contributed by atoms with Gasteiger partial charge in [0.25, 0.3) is 0 Å². The normalized spacial score (nSPS) is 11.5. The molecular weight excluding hydrogens is 621 g/mol. The number of fused-ring (bicyclic) bond motifs is 6. The van der Waals surface area contributed by atoms with E-state index in [1.54, 1.807) is 0 Å². The Hall–Kier alpha value is -6.84. The quantitative estimate of drug-likeness (QED) is 0.178. The second-order valence-electron chi connectivity index (χ2n) is 12.9. The summed E-state index contributed by atoms with van der Waals surface area (Å²) < 4.78 is 8.98. The number of hydrogen-bond acceptors (Lipinski definition) is 2.